The van der Waals surface area contributed by atoms with Crippen molar-refractivity contribution >= 4 is 5.91 Å². The molecule has 1 saturated heterocycles. The van der Waals surface area contributed by atoms with Gasteiger partial charge in [-0.15, -0.1) is 0 Å². The van der Waals surface area contributed by atoms with Crippen molar-refractivity contribution in [3.8, 4) is 0 Å². The molecule has 1 N–H and O–H groups in total. The van der Waals surface area contributed by atoms with E-state index < -0.39 is 0 Å². The molecular weight excluding hydrogens is 260 g/mol. The summed E-state index contributed by atoms with van der Waals surface area (Å²) in [6, 6.07) is 9.37. The molecule has 1 aromatic rings. The smallest absolute Gasteiger partial charge is 0.240 e. The van der Waals surface area contributed by atoms with E-state index in [1.54, 1.807) is 0 Å². The van der Waals surface area contributed by atoms with Crippen LogP contribution >= 0.6 is 0 Å². The highest BCUT2D eigenvalue weighted by atomic mass is 16.2. The van der Waals surface area contributed by atoms with Gasteiger partial charge in [0.25, 0.3) is 0 Å². The zero-order chi connectivity index (χ0) is 14.8. The third kappa shape index (κ3) is 3.65. The molecule has 1 heterocycles. The molecule has 0 bridgehead atoms. The van der Waals surface area contributed by atoms with Crippen molar-refractivity contribution in [1.82, 2.24) is 10.2 Å². The van der Waals surface area contributed by atoms with Crippen LogP contribution < -0.4 is 5.32 Å². The van der Waals surface area contributed by atoms with Gasteiger partial charge in [-0.25, -0.2) is 0 Å². The average Bonchev–Trinajstić information content (AvgIpc) is 3.28. The van der Waals surface area contributed by atoms with Gasteiger partial charge in [0.2, 0.25) is 5.91 Å². The Kier molecular flexibility index (Phi) is 4.29. The number of amides is 1. The summed E-state index contributed by atoms with van der Waals surface area (Å²) in [4.78, 5) is 14.6. The molecule has 3 heteroatoms. The molecule has 0 spiro atoms. The molecule has 1 amide bonds. The molecule has 114 valence electrons. The van der Waals surface area contributed by atoms with E-state index in [-0.39, 0.29) is 6.04 Å². The highest BCUT2D eigenvalue weighted by molar-refractivity contribution is 5.82. The number of benzene rings is 1. The monoisotopic (exact) mass is 286 g/mol. The fourth-order valence-electron chi connectivity index (χ4n) is 3.01. The minimum Gasteiger partial charge on any atom is -0.337 e. The van der Waals surface area contributed by atoms with E-state index in [4.69, 9.17) is 0 Å². The molecule has 1 saturated carbocycles. The van der Waals surface area contributed by atoms with Gasteiger partial charge in [0.1, 0.15) is 0 Å². The van der Waals surface area contributed by atoms with Crippen LogP contribution in [0.5, 0.6) is 0 Å². The molecule has 0 radical (unpaired) electrons. The summed E-state index contributed by atoms with van der Waals surface area (Å²) in [5, 5.41) is 3.49. The Hall–Kier alpha value is -1.35. The Morgan fingerprint density at radius 1 is 1.19 bits per heavy atom. The summed E-state index contributed by atoms with van der Waals surface area (Å²) in [6.45, 7) is 6.06. The minimum absolute atomic E-state index is 0.0567. The fraction of sp³-hybridized carbons (Fsp3) is 0.611. The first-order chi connectivity index (χ1) is 10.1. The van der Waals surface area contributed by atoms with E-state index in [2.05, 4.69) is 43.4 Å². The number of nitrogens with one attached hydrogen (secondary N) is 1. The van der Waals surface area contributed by atoms with Crippen LogP contribution in [0.25, 0.3) is 0 Å². The van der Waals surface area contributed by atoms with Gasteiger partial charge in [-0.1, -0.05) is 38.1 Å². The number of hydrogen-bond donors (Lipinski definition) is 1. The standard InChI is InChI=1S/C18H26N2O/c1-13(2)15-7-5-14(6-8-15)12-20-11-3-4-17(18(20)21)19-16-9-10-16/h5-8,13,16-17,19H,3-4,9-12H2,1-2H3. The van der Waals surface area contributed by atoms with Gasteiger partial charge in [0.15, 0.2) is 0 Å². The maximum atomic E-state index is 12.5. The molecule has 0 aromatic heterocycles. The lowest BCUT2D eigenvalue weighted by Gasteiger charge is -2.33. The van der Waals surface area contributed by atoms with Crippen LogP contribution in [0.1, 0.15) is 56.6 Å². The highest BCUT2D eigenvalue weighted by Crippen LogP contribution is 2.23. The first-order valence-corrected chi connectivity index (χ1v) is 8.27. The summed E-state index contributed by atoms with van der Waals surface area (Å²) >= 11 is 0. The zero-order valence-corrected chi connectivity index (χ0v) is 13.1. The summed E-state index contributed by atoms with van der Waals surface area (Å²) in [7, 11) is 0. The van der Waals surface area contributed by atoms with Gasteiger partial charge < -0.3 is 10.2 Å². The van der Waals surface area contributed by atoms with Crippen LogP contribution in [0.15, 0.2) is 24.3 Å². The highest BCUT2D eigenvalue weighted by Gasteiger charge is 2.33. The van der Waals surface area contributed by atoms with Crippen molar-refractivity contribution in [3.05, 3.63) is 35.4 Å². The van der Waals surface area contributed by atoms with E-state index in [1.807, 2.05) is 4.90 Å². The van der Waals surface area contributed by atoms with E-state index in [0.717, 1.165) is 25.9 Å². The van der Waals surface area contributed by atoms with Crippen LogP contribution in [0.3, 0.4) is 0 Å². The largest absolute Gasteiger partial charge is 0.337 e. The van der Waals surface area contributed by atoms with E-state index >= 15 is 0 Å². The van der Waals surface area contributed by atoms with Gasteiger partial charge in [-0.2, -0.15) is 0 Å². The third-order valence-corrected chi connectivity index (χ3v) is 4.56. The van der Waals surface area contributed by atoms with Gasteiger partial charge >= 0.3 is 0 Å². The van der Waals surface area contributed by atoms with Crippen LogP contribution in [-0.4, -0.2) is 29.4 Å². The average molecular weight is 286 g/mol. The lowest BCUT2D eigenvalue weighted by molar-refractivity contribution is -0.136. The molecule has 3 nitrogen and oxygen atoms in total. The van der Waals surface area contributed by atoms with Gasteiger partial charge in [0, 0.05) is 19.1 Å². The molecule has 2 fully saturated rings. The number of piperidine rings is 1. The Morgan fingerprint density at radius 2 is 1.90 bits per heavy atom. The maximum Gasteiger partial charge on any atom is 0.240 e. The molecular formula is C18H26N2O. The van der Waals surface area contributed by atoms with Crippen molar-refractivity contribution < 1.29 is 4.79 Å². The Morgan fingerprint density at radius 3 is 2.52 bits per heavy atom. The zero-order valence-electron chi connectivity index (χ0n) is 13.1. The second kappa shape index (κ2) is 6.18. The number of carbonyl (C=O) groups is 1. The van der Waals surface area contributed by atoms with E-state index in [1.165, 1.54) is 24.0 Å². The summed E-state index contributed by atoms with van der Waals surface area (Å²) in [5.41, 5.74) is 2.59. The molecule has 2 aliphatic rings. The minimum atomic E-state index is 0.0567. The lowest BCUT2D eigenvalue weighted by atomic mass is 10.0. The quantitative estimate of drug-likeness (QED) is 0.902. The number of hydrogen-bond acceptors (Lipinski definition) is 2. The molecule has 1 aromatic carbocycles. The molecule has 1 unspecified atom stereocenters. The number of likely N-dealkylation sites (tertiary alicyclic amines) is 1. The SMILES string of the molecule is CC(C)c1ccc(CN2CCCC(NC3CC3)C2=O)cc1. The van der Waals surface area contributed by atoms with Crippen molar-refractivity contribution in [1.29, 1.82) is 0 Å². The Labute approximate surface area is 127 Å². The van der Waals surface area contributed by atoms with Gasteiger partial charge in [0.05, 0.1) is 6.04 Å². The second-order valence-electron chi connectivity index (χ2n) is 6.79. The molecule has 1 aliphatic carbocycles. The number of rotatable bonds is 5. The second-order valence-corrected chi connectivity index (χ2v) is 6.79. The third-order valence-electron chi connectivity index (χ3n) is 4.56. The molecule has 21 heavy (non-hydrogen) atoms. The molecule has 1 aliphatic heterocycles. The molecule has 1 atom stereocenters. The lowest BCUT2D eigenvalue weighted by Crippen LogP contribution is -2.50. The van der Waals surface area contributed by atoms with Crippen LogP contribution in [0.4, 0.5) is 0 Å². The topological polar surface area (TPSA) is 32.3 Å². The Bertz CT molecular complexity index is 490. The number of nitrogens with zero attached hydrogens (tertiary/aromatic N) is 1. The predicted molar refractivity (Wildman–Crippen MR) is 85.1 cm³/mol. The summed E-state index contributed by atoms with van der Waals surface area (Å²) in [6.07, 6.45) is 4.58. The summed E-state index contributed by atoms with van der Waals surface area (Å²) in [5.74, 6) is 0.851. The predicted octanol–water partition coefficient (Wildman–Crippen LogP) is 3.05. The summed E-state index contributed by atoms with van der Waals surface area (Å²) < 4.78 is 0. The van der Waals surface area contributed by atoms with Crippen LogP contribution in [-0.2, 0) is 11.3 Å². The van der Waals surface area contributed by atoms with Crippen molar-refractivity contribution in [2.75, 3.05) is 6.54 Å². The van der Waals surface area contributed by atoms with E-state index in [9.17, 15) is 4.79 Å². The van der Waals surface area contributed by atoms with Crippen LogP contribution in [0, 0.1) is 0 Å². The van der Waals surface area contributed by atoms with Gasteiger partial charge in [-0.05, 0) is 42.7 Å². The first-order valence-electron chi connectivity index (χ1n) is 8.27. The maximum absolute atomic E-state index is 12.5. The molecule has 3 rings (SSSR count). The normalized spacial score (nSPS) is 22.9. The number of carbonyl (C=O) groups excluding carboxylic acids is 1. The van der Waals surface area contributed by atoms with Crippen molar-refractivity contribution in [3.63, 3.8) is 0 Å². The van der Waals surface area contributed by atoms with Crippen molar-refractivity contribution in [2.24, 2.45) is 0 Å². The van der Waals surface area contributed by atoms with Crippen LogP contribution in [0.2, 0.25) is 0 Å². The first kappa shape index (κ1) is 14.6. The van der Waals surface area contributed by atoms with Crippen molar-refractivity contribution in [2.45, 2.75) is 64.1 Å². The van der Waals surface area contributed by atoms with E-state index in [0.29, 0.717) is 17.9 Å². The Balaban J connectivity index is 1.61. The van der Waals surface area contributed by atoms with Gasteiger partial charge in [-0.3, -0.25) is 4.79 Å². The fourth-order valence-corrected chi connectivity index (χ4v) is 3.01.